The summed E-state index contributed by atoms with van der Waals surface area (Å²) in [7, 11) is 3.24. The molecule has 0 fully saturated rings. The normalized spacial score (nSPS) is 10.1. The van der Waals surface area contributed by atoms with Crippen molar-refractivity contribution in [3.8, 4) is 11.5 Å². The van der Waals surface area contributed by atoms with Gasteiger partial charge in [0.05, 0.1) is 14.2 Å². The van der Waals surface area contributed by atoms with Gasteiger partial charge in [0.1, 0.15) is 0 Å². The molecule has 0 unspecified atom stereocenters. The Morgan fingerprint density at radius 1 is 1.00 bits per heavy atom. The molecule has 1 aromatic heterocycles. The van der Waals surface area contributed by atoms with E-state index in [1.165, 1.54) is 0 Å². The highest BCUT2D eigenvalue weighted by Crippen LogP contribution is 2.28. The SMILES string of the molecule is COc1ccc(Cc2cnc(N)nc2)cc1OC. The molecule has 5 nitrogen and oxygen atoms in total. The standard InChI is InChI=1S/C13H15N3O2/c1-17-11-4-3-9(6-12(11)18-2)5-10-7-15-13(14)16-8-10/h3-4,6-8H,5H2,1-2H3,(H2,14,15,16). The minimum Gasteiger partial charge on any atom is -0.493 e. The highest BCUT2D eigenvalue weighted by Gasteiger charge is 2.05. The minimum atomic E-state index is 0.283. The molecule has 0 radical (unpaired) electrons. The van der Waals surface area contributed by atoms with Crippen molar-refractivity contribution in [2.75, 3.05) is 20.0 Å². The van der Waals surface area contributed by atoms with Crippen LogP contribution in [0.1, 0.15) is 11.1 Å². The van der Waals surface area contributed by atoms with Crippen LogP contribution in [0.25, 0.3) is 0 Å². The van der Waals surface area contributed by atoms with Crippen molar-refractivity contribution in [2.24, 2.45) is 0 Å². The number of hydrogen-bond acceptors (Lipinski definition) is 5. The van der Waals surface area contributed by atoms with Gasteiger partial charge in [0.25, 0.3) is 0 Å². The number of benzene rings is 1. The number of rotatable bonds is 4. The van der Waals surface area contributed by atoms with Gasteiger partial charge in [0.2, 0.25) is 5.95 Å². The molecule has 0 saturated carbocycles. The maximum Gasteiger partial charge on any atom is 0.219 e. The fourth-order valence-electron chi connectivity index (χ4n) is 1.68. The van der Waals surface area contributed by atoms with Crippen LogP contribution in [-0.2, 0) is 6.42 Å². The quantitative estimate of drug-likeness (QED) is 0.887. The first-order valence-electron chi connectivity index (χ1n) is 5.50. The minimum absolute atomic E-state index is 0.283. The summed E-state index contributed by atoms with van der Waals surface area (Å²) < 4.78 is 10.4. The molecule has 1 aromatic carbocycles. The first kappa shape index (κ1) is 12.2. The molecule has 1 heterocycles. The third kappa shape index (κ3) is 2.68. The van der Waals surface area contributed by atoms with Crippen LogP contribution in [0.4, 0.5) is 5.95 Å². The van der Waals surface area contributed by atoms with E-state index in [0.29, 0.717) is 5.75 Å². The van der Waals surface area contributed by atoms with Gasteiger partial charge in [-0.1, -0.05) is 6.07 Å². The Morgan fingerprint density at radius 2 is 1.67 bits per heavy atom. The van der Waals surface area contributed by atoms with Crippen molar-refractivity contribution < 1.29 is 9.47 Å². The molecule has 2 aromatic rings. The Kier molecular flexibility index (Phi) is 3.62. The van der Waals surface area contributed by atoms with Gasteiger partial charge in [-0.25, -0.2) is 9.97 Å². The lowest BCUT2D eigenvalue weighted by Gasteiger charge is -2.09. The van der Waals surface area contributed by atoms with Crippen molar-refractivity contribution in [3.05, 3.63) is 41.7 Å². The van der Waals surface area contributed by atoms with Gasteiger partial charge in [-0.05, 0) is 23.3 Å². The largest absolute Gasteiger partial charge is 0.493 e. The number of nitrogens with zero attached hydrogens (tertiary/aromatic N) is 2. The summed E-state index contributed by atoms with van der Waals surface area (Å²) in [6.45, 7) is 0. The second kappa shape index (κ2) is 5.35. The smallest absolute Gasteiger partial charge is 0.219 e. The molecule has 0 amide bonds. The van der Waals surface area contributed by atoms with Crippen molar-refractivity contribution in [1.29, 1.82) is 0 Å². The summed E-state index contributed by atoms with van der Waals surface area (Å²) in [6, 6.07) is 5.80. The first-order valence-corrected chi connectivity index (χ1v) is 5.50. The van der Waals surface area contributed by atoms with E-state index in [-0.39, 0.29) is 5.95 Å². The van der Waals surface area contributed by atoms with Gasteiger partial charge < -0.3 is 15.2 Å². The number of aromatic nitrogens is 2. The van der Waals surface area contributed by atoms with E-state index in [4.69, 9.17) is 15.2 Å². The van der Waals surface area contributed by atoms with Gasteiger partial charge in [-0.3, -0.25) is 0 Å². The fraction of sp³-hybridized carbons (Fsp3) is 0.231. The zero-order chi connectivity index (χ0) is 13.0. The topological polar surface area (TPSA) is 70.3 Å². The number of hydrogen-bond donors (Lipinski definition) is 1. The molecular formula is C13H15N3O2. The predicted molar refractivity (Wildman–Crippen MR) is 68.8 cm³/mol. The van der Waals surface area contributed by atoms with Gasteiger partial charge in [-0.2, -0.15) is 0 Å². The zero-order valence-electron chi connectivity index (χ0n) is 10.4. The van der Waals surface area contributed by atoms with E-state index in [0.717, 1.165) is 23.3 Å². The average molecular weight is 245 g/mol. The number of nitrogens with two attached hydrogens (primary N) is 1. The van der Waals surface area contributed by atoms with E-state index >= 15 is 0 Å². The third-order valence-corrected chi connectivity index (χ3v) is 2.58. The Bertz CT molecular complexity index is 526. The van der Waals surface area contributed by atoms with Gasteiger partial charge in [0, 0.05) is 18.8 Å². The summed E-state index contributed by atoms with van der Waals surface area (Å²) in [4.78, 5) is 7.92. The van der Waals surface area contributed by atoms with Gasteiger partial charge in [0.15, 0.2) is 11.5 Å². The van der Waals surface area contributed by atoms with E-state index in [2.05, 4.69) is 9.97 Å². The number of methoxy groups -OCH3 is 2. The number of ether oxygens (including phenoxy) is 2. The summed E-state index contributed by atoms with van der Waals surface area (Å²) in [6.07, 6.45) is 4.17. The van der Waals surface area contributed by atoms with Gasteiger partial charge in [-0.15, -0.1) is 0 Å². The molecule has 0 aliphatic carbocycles. The maximum atomic E-state index is 5.44. The molecule has 2 N–H and O–H groups in total. The van der Waals surface area contributed by atoms with Crippen molar-refractivity contribution >= 4 is 5.95 Å². The Labute approximate surface area is 106 Å². The molecule has 0 saturated heterocycles. The summed E-state index contributed by atoms with van der Waals surface area (Å²) >= 11 is 0. The Morgan fingerprint density at radius 3 is 2.28 bits per heavy atom. The van der Waals surface area contributed by atoms with Crippen LogP contribution in [-0.4, -0.2) is 24.2 Å². The monoisotopic (exact) mass is 245 g/mol. The van der Waals surface area contributed by atoms with Crippen molar-refractivity contribution in [1.82, 2.24) is 9.97 Å². The number of anilines is 1. The molecule has 5 heteroatoms. The van der Waals surface area contributed by atoms with Crippen LogP contribution >= 0.6 is 0 Å². The first-order chi connectivity index (χ1) is 8.72. The van der Waals surface area contributed by atoms with Crippen LogP contribution in [0.2, 0.25) is 0 Å². The third-order valence-electron chi connectivity index (χ3n) is 2.58. The lowest BCUT2D eigenvalue weighted by Crippen LogP contribution is -1.97. The molecule has 0 bridgehead atoms. The zero-order valence-corrected chi connectivity index (χ0v) is 10.4. The van der Waals surface area contributed by atoms with Crippen LogP contribution in [0.15, 0.2) is 30.6 Å². The van der Waals surface area contributed by atoms with Crippen molar-refractivity contribution in [2.45, 2.75) is 6.42 Å². The summed E-state index contributed by atoms with van der Waals surface area (Å²) in [5, 5.41) is 0. The summed E-state index contributed by atoms with van der Waals surface area (Å²) in [5.74, 6) is 1.72. The van der Waals surface area contributed by atoms with Crippen LogP contribution in [0, 0.1) is 0 Å². The van der Waals surface area contributed by atoms with Crippen LogP contribution < -0.4 is 15.2 Å². The van der Waals surface area contributed by atoms with Crippen LogP contribution in [0.3, 0.4) is 0 Å². The Balaban J connectivity index is 2.21. The maximum absolute atomic E-state index is 5.44. The highest BCUT2D eigenvalue weighted by atomic mass is 16.5. The van der Waals surface area contributed by atoms with E-state index in [1.807, 2.05) is 18.2 Å². The van der Waals surface area contributed by atoms with E-state index in [1.54, 1.807) is 26.6 Å². The molecule has 94 valence electrons. The molecular weight excluding hydrogens is 230 g/mol. The van der Waals surface area contributed by atoms with E-state index < -0.39 is 0 Å². The fourth-order valence-corrected chi connectivity index (χ4v) is 1.68. The predicted octanol–water partition coefficient (Wildman–Crippen LogP) is 1.67. The van der Waals surface area contributed by atoms with Crippen molar-refractivity contribution in [3.63, 3.8) is 0 Å². The molecule has 18 heavy (non-hydrogen) atoms. The van der Waals surface area contributed by atoms with E-state index in [9.17, 15) is 0 Å². The lowest BCUT2D eigenvalue weighted by molar-refractivity contribution is 0.354. The van der Waals surface area contributed by atoms with Crippen LogP contribution in [0.5, 0.6) is 11.5 Å². The molecule has 2 rings (SSSR count). The average Bonchev–Trinajstić information content (AvgIpc) is 2.41. The Hall–Kier alpha value is -2.30. The number of nitrogen functional groups attached to an aromatic ring is 1. The highest BCUT2D eigenvalue weighted by molar-refractivity contribution is 5.44. The molecule has 0 aliphatic heterocycles. The second-order valence-corrected chi connectivity index (χ2v) is 3.82. The van der Waals surface area contributed by atoms with Gasteiger partial charge >= 0.3 is 0 Å². The lowest BCUT2D eigenvalue weighted by atomic mass is 10.1. The second-order valence-electron chi connectivity index (χ2n) is 3.82. The summed E-state index contributed by atoms with van der Waals surface area (Å²) in [5.41, 5.74) is 7.54. The molecule has 0 aliphatic rings. The molecule has 0 spiro atoms. The molecule has 0 atom stereocenters.